The Kier molecular flexibility index (Phi) is 5.01. The average molecular weight is 310 g/mol. The van der Waals surface area contributed by atoms with Crippen molar-refractivity contribution in [1.82, 2.24) is 0 Å². The summed E-state index contributed by atoms with van der Waals surface area (Å²) < 4.78 is 54.4. The lowest BCUT2D eigenvalue weighted by Gasteiger charge is -2.16. The molecule has 19 heavy (non-hydrogen) atoms. The zero-order chi connectivity index (χ0) is 14.6. The lowest BCUT2D eigenvalue weighted by Crippen LogP contribution is -2.35. The fraction of sp³-hybridized carbons (Fsp3) is 0.300. The Labute approximate surface area is 114 Å². The number of anilines is 1. The van der Waals surface area contributed by atoms with E-state index < -0.39 is 21.9 Å². The highest BCUT2D eigenvalue weighted by atomic mass is 32.2. The van der Waals surface area contributed by atoms with Gasteiger partial charge < -0.3 is 10.5 Å². The van der Waals surface area contributed by atoms with E-state index in [0.717, 1.165) is 0 Å². The second-order valence-corrected chi connectivity index (χ2v) is 6.04. The van der Waals surface area contributed by atoms with Gasteiger partial charge in [0.1, 0.15) is 11.0 Å². The summed E-state index contributed by atoms with van der Waals surface area (Å²) in [6.45, 7) is -1.76. The Bertz CT molecular complexity index is 564. The van der Waals surface area contributed by atoms with Crippen LogP contribution in [-0.4, -0.2) is 25.3 Å². The van der Waals surface area contributed by atoms with Gasteiger partial charge in [0, 0.05) is 0 Å². The second-order valence-electron chi connectivity index (χ2n) is 3.57. The molecule has 0 saturated carbocycles. The van der Waals surface area contributed by atoms with Crippen molar-refractivity contribution in [3.63, 3.8) is 0 Å². The summed E-state index contributed by atoms with van der Waals surface area (Å²) in [5.74, 6) is -0.281. The molecule has 1 unspecified atom stereocenters. The van der Waals surface area contributed by atoms with Crippen LogP contribution in [0.3, 0.4) is 0 Å². The van der Waals surface area contributed by atoms with Crippen LogP contribution in [0.15, 0.2) is 24.3 Å². The molecule has 3 N–H and O–H groups in total. The minimum atomic E-state index is -3.91. The van der Waals surface area contributed by atoms with Crippen molar-refractivity contribution in [2.24, 2.45) is 5.73 Å². The molecule has 1 aromatic carbocycles. The fourth-order valence-electron chi connectivity index (χ4n) is 1.14. The number of benzene rings is 1. The maximum Gasteiger partial charge on any atom is 0.387 e. The van der Waals surface area contributed by atoms with Gasteiger partial charge in [-0.05, 0) is 19.1 Å². The Balaban J connectivity index is 3.03. The molecule has 106 valence electrons. The first-order chi connectivity index (χ1) is 8.74. The van der Waals surface area contributed by atoms with Gasteiger partial charge in [-0.1, -0.05) is 24.4 Å². The third kappa shape index (κ3) is 4.28. The van der Waals surface area contributed by atoms with Gasteiger partial charge in [0.05, 0.1) is 10.7 Å². The SMILES string of the molecule is CC(C(N)=S)S(=O)(=O)Nc1ccccc1OC(F)F. The summed E-state index contributed by atoms with van der Waals surface area (Å²) in [4.78, 5) is -0.222. The van der Waals surface area contributed by atoms with E-state index in [2.05, 4.69) is 21.7 Å². The van der Waals surface area contributed by atoms with E-state index in [9.17, 15) is 17.2 Å². The molecule has 1 aromatic rings. The third-order valence-corrected chi connectivity index (χ3v) is 4.41. The molecule has 0 heterocycles. The number of alkyl halides is 2. The Morgan fingerprint density at radius 2 is 2.00 bits per heavy atom. The summed E-state index contributed by atoms with van der Waals surface area (Å²) >= 11 is 4.59. The molecule has 9 heteroatoms. The van der Waals surface area contributed by atoms with Crippen molar-refractivity contribution < 1.29 is 21.9 Å². The third-order valence-electron chi connectivity index (χ3n) is 2.22. The molecule has 0 saturated heterocycles. The first-order valence-corrected chi connectivity index (χ1v) is 7.04. The van der Waals surface area contributed by atoms with Crippen LogP contribution in [-0.2, 0) is 10.0 Å². The quantitative estimate of drug-likeness (QED) is 0.782. The van der Waals surface area contributed by atoms with E-state index in [0.29, 0.717) is 0 Å². The molecule has 0 amide bonds. The van der Waals surface area contributed by atoms with E-state index in [1.807, 2.05) is 0 Å². The zero-order valence-electron chi connectivity index (χ0n) is 9.84. The minimum Gasteiger partial charge on any atom is -0.433 e. The van der Waals surface area contributed by atoms with Crippen LogP contribution < -0.4 is 15.2 Å². The number of nitrogens with two attached hydrogens (primary N) is 1. The van der Waals surface area contributed by atoms with Crippen LogP contribution in [0.4, 0.5) is 14.5 Å². The van der Waals surface area contributed by atoms with Crippen LogP contribution in [0.5, 0.6) is 5.75 Å². The van der Waals surface area contributed by atoms with E-state index >= 15 is 0 Å². The summed E-state index contributed by atoms with van der Waals surface area (Å²) in [6.07, 6.45) is 0. The van der Waals surface area contributed by atoms with E-state index in [1.165, 1.54) is 31.2 Å². The van der Waals surface area contributed by atoms with E-state index in [4.69, 9.17) is 5.73 Å². The Morgan fingerprint density at radius 3 is 2.53 bits per heavy atom. The molecule has 1 atom stereocenters. The molecule has 0 radical (unpaired) electrons. The molecular weight excluding hydrogens is 298 g/mol. The molecule has 0 spiro atoms. The van der Waals surface area contributed by atoms with Crippen molar-refractivity contribution in [1.29, 1.82) is 0 Å². The van der Waals surface area contributed by atoms with Gasteiger partial charge in [0.2, 0.25) is 10.0 Å². The van der Waals surface area contributed by atoms with Gasteiger partial charge in [-0.25, -0.2) is 8.42 Å². The Morgan fingerprint density at radius 1 is 1.42 bits per heavy atom. The predicted octanol–water partition coefficient (Wildman–Crippen LogP) is 1.70. The lowest BCUT2D eigenvalue weighted by molar-refractivity contribution is -0.0493. The van der Waals surface area contributed by atoms with Crippen molar-refractivity contribution in [3.05, 3.63) is 24.3 Å². The standard InChI is InChI=1S/C10H12F2N2O3S2/c1-6(9(13)18)19(15,16)14-7-4-2-3-5-8(7)17-10(11)12/h2-6,10,14H,1H3,(H2,13,18). The lowest BCUT2D eigenvalue weighted by atomic mass is 10.3. The molecule has 0 bridgehead atoms. The number of hydrogen-bond acceptors (Lipinski definition) is 4. The van der Waals surface area contributed by atoms with Gasteiger partial charge in [-0.3, -0.25) is 4.72 Å². The number of sulfonamides is 1. The number of halogens is 2. The van der Waals surface area contributed by atoms with Gasteiger partial charge in [0.25, 0.3) is 0 Å². The topological polar surface area (TPSA) is 81.4 Å². The molecule has 0 fully saturated rings. The molecule has 0 aromatic heterocycles. The van der Waals surface area contributed by atoms with Crippen molar-refractivity contribution >= 4 is 32.9 Å². The first kappa shape index (κ1) is 15.6. The highest BCUT2D eigenvalue weighted by Crippen LogP contribution is 2.27. The number of thiocarbonyl (C=S) groups is 1. The van der Waals surface area contributed by atoms with Crippen molar-refractivity contribution in [3.8, 4) is 5.75 Å². The highest BCUT2D eigenvalue weighted by molar-refractivity contribution is 7.95. The van der Waals surface area contributed by atoms with Crippen LogP contribution in [0, 0.1) is 0 Å². The van der Waals surface area contributed by atoms with Gasteiger partial charge in [-0.15, -0.1) is 0 Å². The average Bonchev–Trinajstić information content (AvgIpc) is 2.29. The maximum absolute atomic E-state index is 12.2. The predicted molar refractivity (Wildman–Crippen MR) is 71.9 cm³/mol. The number of nitrogens with one attached hydrogen (secondary N) is 1. The number of ether oxygens (including phenoxy) is 1. The number of rotatable bonds is 6. The normalized spacial score (nSPS) is 13.1. The minimum absolute atomic E-state index is 0.106. The number of para-hydroxylation sites is 2. The summed E-state index contributed by atoms with van der Waals surface area (Å²) in [6, 6.07) is 5.42. The van der Waals surface area contributed by atoms with Crippen LogP contribution >= 0.6 is 12.2 Å². The summed E-state index contributed by atoms with van der Waals surface area (Å²) in [7, 11) is -3.91. The van der Waals surface area contributed by atoms with Crippen molar-refractivity contribution in [2.75, 3.05) is 4.72 Å². The van der Waals surface area contributed by atoms with E-state index in [-0.39, 0.29) is 16.4 Å². The fourth-order valence-corrected chi connectivity index (χ4v) is 2.48. The molecule has 0 aliphatic heterocycles. The maximum atomic E-state index is 12.2. The van der Waals surface area contributed by atoms with Crippen molar-refractivity contribution in [2.45, 2.75) is 18.8 Å². The molecule has 0 aliphatic carbocycles. The smallest absolute Gasteiger partial charge is 0.387 e. The summed E-state index contributed by atoms with van der Waals surface area (Å²) in [5.41, 5.74) is 5.15. The van der Waals surface area contributed by atoms with Gasteiger partial charge >= 0.3 is 6.61 Å². The molecule has 5 nitrogen and oxygen atoms in total. The zero-order valence-corrected chi connectivity index (χ0v) is 11.5. The second kappa shape index (κ2) is 6.11. The highest BCUT2D eigenvalue weighted by Gasteiger charge is 2.24. The monoisotopic (exact) mass is 310 g/mol. The first-order valence-electron chi connectivity index (χ1n) is 5.09. The van der Waals surface area contributed by atoms with Crippen LogP contribution in [0.1, 0.15) is 6.92 Å². The van der Waals surface area contributed by atoms with Gasteiger partial charge in [0.15, 0.2) is 0 Å². The Hall–Kier alpha value is -1.48. The molecule has 0 aliphatic rings. The van der Waals surface area contributed by atoms with E-state index in [1.54, 1.807) is 0 Å². The molecule has 1 rings (SSSR count). The van der Waals surface area contributed by atoms with Gasteiger partial charge in [-0.2, -0.15) is 8.78 Å². The molecular formula is C10H12F2N2O3S2. The van der Waals surface area contributed by atoms with Crippen LogP contribution in [0.2, 0.25) is 0 Å². The number of hydrogen-bond donors (Lipinski definition) is 2. The van der Waals surface area contributed by atoms with Crippen LogP contribution in [0.25, 0.3) is 0 Å². The largest absolute Gasteiger partial charge is 0.433 e. The summed E-state index contributed by atoms with van der Waals surface area (Å²) in [5, 5.41) is -1.14.